The highest BCUT2D eigenvalue weighted by molar-refractivity contribution is 5.91. The number of nitro groups is 1. The molecule has 0 aromatic heterocycles. The lowest BCUT2D eigenvalue weighted by molar-refractivity contribution is -0.385. The van der Waals surface area contributed by atoms with Gasteiger partial charge in [0.05, 0.1) is 17.0 Å². The van der Waals surface area contributed by atoms with Crippen molar-refractivity contribution < 1.29 is 19.6 Å². The molecule has 8 nitrogen and oxygen atoms in total. The number of nitrogens with zero attached hydrogens (tertiary/aromatic N) is 1. The fourth-order valence-electron chi connectivity index (χ4n) is 1.88. The molecule has 0 aliphatic heterocycles. The van der Waals surface area contributed by atoms with E-state index in [9.17, 15) is 19.7 Å². The number of carboxylic acids is 1. The van der Waals surface area contributed by atoms with E-state index in [0.717, 1.165) is 18.9 Å². The fourth-order valence-corrected chi connectivity index (χ4v) is 1.88. The third kappa shape index (κ3) is 3.68. The smallest absolute Gasteiger partial charge is 0.336 e. The third-order valence-electron chi connectivity index (χ3n) is 3.21. The number of hydrogen-bond donors (Lipinski definition) is 3. The molecule has 0 unspecified atom stereocenters. The van der Waals surface area contributed by atoms with Gasteiger partial charge in [0, 0.05) is 23.4 Å². The first kappa shape index (κ1) is 14.8. The Hall–Kier alpha value is -2.64. The van der Waals surface area contributed by atoms with E-state index in [1.165, 1.54) is 13.0 Å². The van der Waals surface area contributed by atoms with Crippen molar-refractivity contribution >= 4 is 23.3 Å². The summed E-state index contributed by atoms with van der Waals surface area (Å²) in [6.07, 6.45) is 1.93. The zero-order valence-electron chi connectivity index (χ0n) is 11.4. The molecule has 0 bridgehead atoms. The monoisotopic (exact) mass is 293 g/mol. The molecule has 1 aliphatic carbocycles. The molecule has 2 rings (SSSR count). The van der Waals surface area contributed by atoms with Crippen molar-refractivity contribution in [3.8, 4) is 0 Å². The predicted octanol–water partition coefficient (Wildman–Crippen LogP) is 1.29. The average Bonchev–Trinajstić information content (AvgIpc) is 3.20. The van der Waals surface area contributed by atoms with Gasteiger partial charge in [-0.15, -0.1) is 0 Å². The number of rotatable bonds is 6. The zero-order chi connectivity index (χ0) is 15.6. The van der Waals surface area contributed by atoms with E-state index in [1.807, 2.05) is 0 Å². The maximum atomic E-state index is 11.6. The van der Waals surface area contributed by atoms with Crippen LogP contribution in [0.4, 0.5) is 11.4 Å². The number of hydrogen-bond acceptors (Lipinski definition) is 5. The Bertz CT molecular complexity index is 610. The van der Waals surface area contributed by atoms with Crippen LogP contribution in [0.3, 0.4) is 0 Å². The Kier molecular flexibility index (Phi) is 4.06. The van der Waals surface area contributed by atoms with E-state index >= 15 is 0 Å². The number of nitrogens with one attached hydrogen (secondary N) is 2. The topological polar surface area (TPSA) is 122 Å². The molecule has 0 heterocycles. The largest absolute Gasteiger partial charge is 0.478 e. The summed E-state index contributed by atoms with van der Waals surface area (Å²) in [6.45, 7) is 1.45. The highest BCUT2D eigenvalue weighted by atomic mass is 16.6. The molecule has 1 amide bonds. The predicted molar refractivity (Wildman–Crippen MR) is 74.4 cm³/mol. The van der Waals surface area contributed by atoms with Crippen molar-refractivity contribution in [2.24, 2.45) is 0 Å². The summed E-state index contributed by atoms with van der Waals surface area (Å²) in [4.78, 5) is 32.9. The molecule has 0 atom stereocenters. The number of amides is 1. The normalized spacial score (nSPS) is 13.6. The quantitative estimate of drug-likeness (QED) is 0.536. The van der Waals surface area contributed by atoms with Gasteiger partial charge in [-0.1, -0.05) is 0 Å². The minimum Gasteiger partial charge on any atom is -0.478 e. The molecule has 1 fully saturated rings. The van der Waals surface area contributed by atoms with Gasteiger partial charge in [0.1, 0.15) is 0 Å². The van der Waals surface area contributed by atoms with Crippen LogP contribution in [0, 0.1) is 17.0 Å². The van der Waals surface area contributed by atoms with Gasteiger partial charge in [-0.3, -0.25) is 14.9 Å². The first-order chi connectivity index (χ1) is 9.88. The fraction of sp³-hybridized carbons (Fsp3) is 0.385. The Morgan fingerprint density at radius 1 is 1.43 bits per heavy atom. The number of benzene rings is 1. The van der Waals surface area contributed by atoms with Crippen LogP contribution in [-0.4, -0.2) is 34.5 Å². The summed E-state index contributed by atoms with van der Waals surface area (Å²) in [5, 5.41) is 25.5. The summed E-state index contributed by atoms with van der Waals surface area (Å²) >= 11 is 0. The van der Waals surface area contributed by atoms with Gasteiger partial charge in [-0.2, -0.15) is 0 Å². The molecule has 3 N–H and O–H groups in total. The number of carbonyl (C=O) groups is 2. The molecule has 0 radical (unpaired) electrons. The van der Waals surface area contributed by atoms with Crippen LogP contribution in [0.2, 0.25) is 0 Å². The molecule has 1 aliphatic rings. The second-order valence-corrected chi connectivity index (χ2v) is 4.93. The third-order valence-corrected chi connectivity index (χ3v) is 3.21. The summed E-state index contributed by atoms with van der Waals surface area (Å²) in [6, 6.07) is 2.52. The Morgan fingerprint density at radius 2 is 2.10 bits per heavy atom. The van der Waals surface area contributed by atoms with Crippen molar-refractivity contribution in [3.63, 3.8) is 0 Å². The molecule has 1 aromatic carbocycles. The Balaban J connectivity index is 2.17. The first-order valence-corrected chi connectivity index (χ1v) is 6.44. The van der Waals surface area contributed by atoms with E-state index in [2.05, 4.69) is 10.6 Å². The Morgan fingerprint density at radius 3 is 2.62 bits per heavy atom. The van der Waals surface area contributed by atoms with Gasteiger partial charge < -0.3 is 15.7 Å². The van der Waals surface area contributed by atoms with E-state index in [0.29, 0.717) is 5.56 Å². The SMILES string of the molecule is Cc1c(NCC(=O)NC2CC2)cc(C(=O)O)cc1[N+](=O)[O-]. The molecule has 0 spiro atoms. The molecular formula is C13H15N3O5. The van der Waals surface area contributed by atoms with Crippen LogP contribution >= 0.6 is 0 Å². The van der Waals surface area contributed by atoms with Crippen molar-refractivity contribution in [2.45, 2.75) is 25.8 Å². The molecule has 1 aromatic rings. The lowest BCUT2D eigenvalue weighted by Gasteiger charge is -2.11. The average molecular weight is 293 g/mol. The highest BCUT2D eigenvalue weighted by Crippen LogP contribution is 2.27. The Labute approximate surface area is 120 Å². The second-order valence-electron chi connectivity index (χ2n) is 4.93. The van der Waals surface area contributed by atoms with Gasteiger partial charge in [0.15, 0.2) is 0 Å². The van der Waals surface area contributed by atoms with E-state index in [-0.39, 0.29) is 35.4 Å². The minimum absolute atomic E-state index is 0.0580. The summed E-state index contributed by atoms with van der Waals surface area (Å²) in [5.74, 6) is -1.48. The number of aromatic carboxylic acids is 1. The first-order valence-electron chi connectivity index (χ1n) is 6.44. The van der Waals surface area contributed by atoms with Gasteiger partial charge in [-0.25, -0.2) is 4.79 Å². The summed E-state index contributed by atoms with van der Waals surface area (Å²) in [7, 11) is 0. The maximum absolute atomic E-state index is 11.6. The number of carboxylic acid groups (broad SMARTS) is 1. The second kappa shape index (κ2) is 5.78. The molecule has 0 saturated heterocycles. The van der Waals surface area contributed by atoms with Gasteiger partial charge in [0.25, 0.3) is 5.69 Å². The zero-order valence-corrected chi connectivity index (χ0v) is 11.4. The standard InChI is InChI=1S/C13H15N3O5/c1-7-10(14-6-12(17)15-9-2-3-9)4-8(13(18)19)5-11(7)16(20)21/h4-5,9,14H,2-3,6H2,1H3,(H,15,17)(H,18,19). The van der Waals surface area contributed by atoms with Crippen LogP contribution < -0.4 is 10.6 Å². The van der Waals surface area contributed by atoms with Gasteiger partial charge in [-0.05, 0) is 25.8 Å². The number of nitro benzene ring substituents is 1. The molecule has 21 heavy (non-hydrogen) atoms. The van der Waals surface area contributed by atoms with E-state index < -0.39 is 10.9 Å². The molecule has 1 saturated carbocycles. The van der Waals surface area contributed by atoms with Crippen LogP contribution in [0.15, 0.2) is 12.1 Å². The lowest BCUT2D eigenvalue weighted by Crippen LogP contribution is -2.31. The maximum Gasteiger partial charge on any atom is 0.336 e. The molecule has 112 valence electrons. The van der Waals surface area contributed by atoms with Crippen molar-refractivity contribution in [3.05, 3.63) is 33.4 Å². The van der Waals surface area contributed by atoms with E-state index in [1.54, 1.807) is 0 Å². The van der Waals surface area contributed by atoms with Crippen LogP contribution in [0.25, 0.3) is 0 Å². The highest BCUT2D eigenvalue weighted by Gasteiger charge is 2.23. The minimum atomic E-state index is -1.26. The molecular weight excluding hydrogens is 278 g/mol. The van der Waals surface area contributed by atoms with E-state index in [4.69, 9.17) is 5.11 Å². The van der Waals surface area contributed by atoms with Gasteiger partial charge >= 0.3 is 5.97 Å². The van der Waals surface area contributed by atoms with Crippen LogP contribution in [0.1, 0.15) is 28.8 Å². The van der Waals surface area contributed by atoms with Crippen molar-refractivity contribution in [2.75, 3.05) is 11.9 Å². The molecule has 8 heteroatoms. The summed E-state index contributed by atoms with van der Waals surface area (Å²) < 4.78 is 0. The number of carbonyl (C=O) groups excluding carboxylic acids is 1. The van der Waals surface area contributed by atoms with Crippen LogP contribution in [0.5, 0.6) is 0 Å². The number of anilines is 1. The van der Waals surface area contributed by atoms with Crippen molar-refractivity contribution in [1.82, 2.24) is 5.32 Å². The van der Waals surface area contributed by atoms with Crippen LogP contribution in [-0.2, 0) is 4.79 Å². The van der Waals surface area contributed by atoms with Crippen molar-refractivity contribution in [1.29, 1.82) is 0 Å². The van der Waals surface area contributed by atoms with Gasteiger partial charge in [0.2, 0.25) is 5.91 Å². The lowest BCUT2D eigenvalue weighted by atomic mass is 10.1. The summed E-state index contributed by atoms with van der Waals surface area (Å²) in [5.41, 5.74) is 0.0779.